The predicted molar refractivity (Wildman–Crippen MR) is 61.1 cm³/mol. The maximum atomic E-state index is 5.96. The Kier molecular flexibility index (Phi) is 3.31. The molecule has 1 aliphatic heterocycles. The van der Waals surface area contributed by atoms with Gasteiger partial charge in [-0.25, -0.2) is 0 Å². The van der Waals surface area contributed by atoms with Gasteiger partial charge in [0.05, 0.1) is 5.02 Å². The second-order valence-corrected chi connectivity index (χ2v) is 4.57. The van der Waals surface area contributed by atoms with Crippen molar-refractivity contribution < 1.29 is 4.74 Å². The first-order valence-corrected chi connectivity index (χ1v) is 5.75. The lowest BCUT2D eigenvalue weighted by atomic mass is 10.3. The highest BCUT2D eigenvalue weighted by molar-refractivity contribution is 9.10. The third-order valence-electron chi connectivity index (χ3n) is 2.21. The molecule has 1 atom stereocenters. The Bertz CT molecular complexity index is 326. The first-order chi connectivity index (χ1) is 6.75. The third-order valence-corrected chi connectivity index (χ3v) is 3.44. The minimum Gasteiger partial charge on any atom is -0.489 e. The Balaban J connectivity index is 2.05. The fourth-order valence-corrected chi connectivity index (χ4v) is 1.89. The molecular weight excluding hydrogens is 265 g/mol. The highest BCUT2D eigenvalue weighted by Crippen LogP contribution is 2.27. The quantitative estimate of drug-likeness (QED) is 0.897. The minimum absolute atomic E-state index is 0.284. The summed E-state index contributed by atoms with van der Waals surface area (Å²) >= 11 is 9.30. The molecule has 1 aliphatic rings. The van der Waals surface area contributed by atoms with Crippen molar-refractivity contribution in [3.05, 3.63) is 27.7 Å². The molecule has 14 heavy (non-hydrogen) atoms. The number of rotatable bonds is 2. The van der Waals surface area contributed by atoms with Crippen molar-refractivity contribution in [3.8, 4) is 5.75 Å². The molecule has 1 heterocycles. The summed E-state index contributed by atoms with van der Waals surface area (Å²) in [4.78, 5) is 0. The van der Waals surface area contributed by atoms with Crippen LogP contribution in [0, 0.1) is 0 Å². The van der Waals surface area contributed by atoms with E-state index < -0.39 is 0 Å². The van der Waals surface area contributed by atoms with Crippen molar-refractivity contribution in [2.45, 2.75) is 12.5 Å². The Morgan fingerprint density at radius 3 is 3.00 bits per heavy atom. The predicted octanol–water partition coefficient (Wildman–Crippen LogP) is 2.84. The summed E-state index contributed by atoms with van der Waals surface area (Å²) in [6.45, 7) is 1.96. The van der Waals surface area contributed by atoms with Gasteiger partial charge in [-0.2, -0.15) is 0 Å². The monoisotopic (exact) mass is 275 g/mol. The molecule has 1 N–H and O–H groups in total. The lowest BCUT2D eigenvalue weighted by Gasteiger charge is -2.12. The van der Waals surface area contributed by atoms with Crippen LogP contribution >= 0.6 is 27.5 Å². The summed E-state index contributed by atoms with van der Waals surface area (Å²) in [6.07, 6.45) is 1.35. The maximum absolute atomic E-state index is 5.96. The van der Waals surface area contributed by atoms with E-state index in [1.165, 1.54) is 0 Å². The van der Waals surface area contributed by atoms with Gasteiger partial charge in [-0.3, -0.25) is 0 Å². The minimum atomic E-state index is 0.284. The number of ether oxygens (including phenoxy) is 1. The van der Waals surface area contributed by atoms with Crippen LogP contribution in [-0.4, -0.2) is 19.2 Å². The van der Waals surface area contributed by atoms with Crippen LogP contribution in [0.15, 0.2) is 22.7 Å². The zero-order valence-corrected chi connectivity index (χ0v) is 9.94. The average Bonchev–Trinajstić information content (AvgIpc) is 2.64. The molecule has 0 aromatic heterocycles. The average molecular weight is 277 g/mol. The molecule has 0 aliphatic carbocycles. The fraction of sp³-hybridized carbons (Fsp3) is 0.400. The molecule has 1 fully saturated rings. The van der Waals surface area contributed by atoms with Crippen LogP contribution in [0.5, 0.6) is 5.75 Å². The Morgan fingerprint density at radius 2 is 2.36 bits per heavy atom. The summed E-state index contributed by atoms with van der Waals surface area (Å²) in [6, 6.07) is 5.66. The van der Waals surface area contributed by atoms with Crippen molar-refractivity contribution in [1.29, 1.82) is 0 Å². The van der Waals surface area contributed by atoms with Crippen molar-refractivity contribution >= 4 is 27.5 Å². The fourth-order valence-electron chi connectivity index (χ4n) is 1.47. The summed E-state index contributed by atoms with van der Waals surface area (Å²) in [5.41, 5.74) is 0. The van der Waals surface area contributed by atoms with Gasteiger partial charge < -0.3 is 10.1 Å². The van der Waals surface area contributed by atoms with E-state index >= 15 is 0 Å². The Morgan fingerprint density at radius 1 is 1.50 bits per heavy atom. The second-order valence-electron chi connectivity index (χ2n) is 3.31. The number of benzene rings is 1. The van der Waals surface area contributed by atoms with Crippen LogP contribution in [0.4, 0.5) is 0 Å². The SMILES string of the molecule is Clc1cc(O[C@H]2CCNC2)ccc1Br. The second kappa shape index (κ2) is 4.51. The first-order valence-electron chi connectivity index (χ1n) is 4.58. The van der Waals surface area contributed by atoms with Gasteiger partial charge in [0.1, 0.15) is 11.9 Å². The van der Waals surface area contributed by atoms with E-state index in [4.69, 9.17) is 16.3 Å². The van der Waals surface area contributed by atoms with Crippen LogP contribution in [-0.2, 0) is 0 Å². The van der Waals surface area contributed by atoms with Crippen LogP contribution < -0.4 is 10.1 Å². The maximum Gasteiger partial charge on any atom is 0.121 e. The Hall–Kier alpha value is -0.250. The molecule has 0 radical (unpaired) electrons. The standard InChI is InChI=1S/C10H11BrClNO/c11-9-2-1-7(5-10(9)12)14-8-3-4-13-6-8/h1-2,5,8,13H,3-4,6H2/t8-/m0/s1. The van der Waals surface area contributed by atoms with E-state index in [-0.39, 0.29) is 6.10 Å². The van der Waals surface area contributed by atoms with Gasteiger partial charge in [-0.05, 0) is 47.1 Å². The molecule has 0 saturated carbocycles. The van der Waals surface area contributed by atoms with E-state index in [0.29, 0.717) is 5.02 Å². The van der Waals surface area contributed by atoms with Crippen LogP contribution in [0.3, 0.4) is 0 Å². The number of hydrogen-bond donors (Lipinski definition) is 1. The van der Waals surface area contributed by atoms with Gasteiger partial charge in [0.25, 0.3) is 0 Å². The number of nitrogens with one attached hydrogen (secondary N) is 1. The molecule has 1 saturated heterocycles. The molecule has 76 valence electrons. The molecule has 2 rings (SSSR count). The summed E-state index contributed by atoms with van der Waals surface area (Å²) in [7, 11) is 0. The van der Waals surface area contributed by atoms with Gasteiger partial charge >= 0.3 is 0 Å². The van der Waals surface area contributed by atoms with E-state index in [2.05, 4.69) is 21.2 Å². The molecule has 0 amide bonds. The smallest absolute Gasteiger partial charge is 0.121 e. The van der Waals surface area contributed by atoms with Crippen LogP contribution in [0.25, 0.3) is 0 Å². The molecule has 1 aromatic carbocycles. The molecule has 0 spiro atoms. The third kappa shape index (κ3) is 2.41. The summed E-state index contributed by atoms with van der Waals surface area (Å²) < 4.78 is 6.64. The number of halogens is 2. The van der Waals surface area contributed by atoms with Crippen molar-refractivity contribution in [2.24, 2.45) is 0 Å². The van der Waals surface area contributed by atoms with Gasteiger partial charge in [0.15, 0.2) is 0 Å². The molecule has 4 heteroatoms. The number of hydrogen-bond acceptors (Lipinski definition) is 2. The Labute approximate surface area is 96.7 Å². The van der Waals surface area contributed by atoms with Gasteiger partial charge in [0, 0.05) is 11.0 Å². The molecule has 0 unspecified atom stereocenters. The van der Waals surface area contributed by atoms with Crippen molar-refractivity contribution in [3.63, 3.8) is 0 Å². The molecule has 2 nitrogen and oxygen atoms in total. The molecule has 1 aromatic rings. The zero-order chi connectivity index (χ0) is 9.97. The van der Waals surface area contributed by atoms with Crippen molar-refractivity contribution in [1.82, 2.24) is 5.32 Å². The van der Waals surface area contributed by atoms with E-state index in [1.807, 2.05) is 18.2 Å². The lowest BCUT2D eigenvalue weighted by molar-refractivity contribution is 0.223. The van der Waals surface area contributed by atoms with E-state index in [0.717, 1.165) is 29.7 Å². The van der Waals surface area contributed by atoms with Gasteiger partial charge in [-0.15, -0.1) is 0 Å². The van der Waals surface area contributed by atoms with E-state index in [1.54, 1.807) is 0 Å². The molecule has 0 bridgehead atoms. The normalized spacial score (nSPS) is 21.1. The van der Waals surface area contributed by atoms with Crippen molar-refractivity contribution in [2.75, 3.05) is 13.1 Å². The van der Waals surface area contributed by atoms with Crippen LogP contribution in [0.1, 0.15) is 6.42 Å². The molecular formula is C10H11BrClNO. The summed E-state index contributed by atoms with van der Waals surface area (Å²) in [5, 5.41) is 3.94. The first kappa shape index (κ1) is 10.3. The van der Waals surface area contributed by atoms with Gasteiger partial charge in [0.2, 0.25) is 0 Å². The van der Waals surface area contributed by atoms with Gasteiger partial charge in [-0.1, -0.05) is 11.6 Å². The topological polar surface area (TPSA) is 21.3 Å². The zero-order valence-electron chi connectivity index (χ0n) is 7.59. The summed E-state index contributed by atoms with van der Waals surface area (Å²) in [5.74, 6) is 0.840. The largest absolute Gasteiger partial charge is 0.489 e. The highest BCUT2D eigenvalue weighted by Gasteiger charge is 2.15. The highest BCUT2D eigenvalue weighted by atomic mass is 79.9. The lowest BCUT2D eigenvalue weighted by Crippen LogP contribution is -2.19. The van der Waals surface area contributed by atoms with Crippen LogP contribution in [0.2, 0.25) is 5.02 Å². The van der Waals surface area contributed by atoms with E-state index in [9.17, 15) is 0 Å².